The van der Waals surface area contributed by atoms with Crippen molar-refractivity contribution >= 4 is 11.4 Å². The minimum Gasteiger partial charge on any atom is -0.263 e. The fourth-order valence-electron chi connectivity index (χ4n) is 1.38. The highest BCUT2D eigenvalue weighted by Crippen LogP contribution is 2.07. The third-order valence-corrected chi connectivity index (χ3v) is 2.12. The van der Waals surface area contributed by atoms with E-state index in [1.54, 1.807) is 0 Å². The molecule has 2 heterocycles. The quantitative estimate of drug-likeness (QED) is 0.537. The summed E-state index contributed by atoms with van der Waals surface area (Å²) in [6, 6.07) is 0. The maximum Gasteiger partial charge on any atom is 0.0336 e. The van der Waals surface area contributed by atoms with Crippen molar-refractivity contribution in [2.75, 3.05) is 0 Å². The molecule has 0 atom stereocenters. The lowest BCUT2D eigenvalue weighted by Gasteiger charge is -1.79. The second-order valence-corrected chi connectivity index (χ2v) is 3.79. The standard InChI is InChI=1S/2C6H9N.2C2H6/c2*1-5-3-4-6(2)7-5;2*1-2/h2*3H,4H2,1-2H3;2*1-2H3. The molecule has 0 unspecified atom stereocenters. The van der Waals surface area contributed by atoms with Crippen LogP contribution >= 0.6 is 0 Å². The smallest absolute Gasteiger partial charge is 0.0336 e. The average Bonchev–Trinajstić information content (AvgIpc) is 2.93. The van der Waals surface area contributed by atoms with Crippen LogP contribution in [0.5, 0.6) is 0 Å². The molecular formula is C16H30N2. The minimum atomic E-state index is 1.06. The summed E-state index contributed by atoms with van der Waals surface area (Å²) < 4.78 is 0. The van der Waals surface area contributed by atoms with E-state index in [1.165, 1.54) is 11.4 Å². The summed E-state index contributed by atoms with van der Waals surface area (Å²) in [6.45, 7) is 16.1. The summed E-state index contributed by atoms with van der Waals surface area (Å²) >= 11 is 0. The molecule has 2 heteroatoms. The first-order chi connectivity index (χ1) is 8.58. The first-order valence-electron chi connectivity index (χ1n) is 7.00. The summed E-state index contributed by atoms with van der Waals surface area (Å²) in [5, 5.41) is 0. The van der Waals surface area contributed by atoms with Gasteiger partial charge in [-0.05, 0) is 27.7 Å². The molecule has 104 valence electrons. The fourth-order valence-corrected chi connectivity index (χ4v) is 1.38. The number of nitrogens with zero attached hydrogens (tertiary/aromatic N) is 2. The molecule has 0 aromatic rings. The summed E-state index contributed by atoms with van der Waals surface area (Å²) in [4.78, 5) is 8.33. The van der Waals surface area contributed by atoms with Crippen molar-refractivity contribution in [3.05, 3.63) is 23.5 Å². The van der Waals surface area contributed by atoms with Crippen LogP contribution in [0.2, 0.25) is 0 Å². The van der Waals surface area contributed by atoms with Crippen LogP contribution in [0.4, 0.5) is 0 Å². The van der Waals surface area contributed by atoms with Gasteiger partial charge in [-0.3, -0.25) is 9.98 Å². The van der Waals surface area contributed by atoms with Gasteiger partial charge < -0.3 is 0 Å². The van der Waals surface area contributed by atoms with Crippen molar-refractivity contribution in [3.63, 3.8) is 0 Å². The van der Waals surface area contributed by atoms with Crippen molar-refractivity contribution < 1.29 is 0 Å². The lowest BCUT2D eigenvalue weighted by molar-refractivity contribution is 1.33. The van der Waals surface area contributed by atoms with Gasteiger partial charge >= 0.3 is 0 Å². The molecule has 0 saturated carbocycles. The topological polar surface area (TPSA) is 24.7 Å². The summed E-state index contributed by atoms with van der Waals surface area (Å²) in [7, 11) is 0. The molecule has 0 aromatic heterocycles. The third kappa shape index (κ3) is 10.0. The van der Waals surface area contributed by atoms with E-state index in [1.807, 2.05) is 55.4 Å². The predicted octanol–water partition coefficient (Wildman–Crippen LogP) is 5.56. The van der Waals surface area contributed by atoms with E-state index >= 15 is 0 Å². The normalized spacial score (nSPS) is 15.6. The molecular weight excluding hydrogens is 220 g/mol. The number of hydrogen-bond donors (Lipinski definition) is 0. The van der Waals surface area contributed by atoms with Gasteiger partial charge in [0.05, 0.1) is 0 Å². The van der Waals surface area contributed by atoms with Crippen LogP contribution in [0.15, 0.2) is 33.5 Å². The SMILES string of the molecule is CC.CC.CC1=CCC(C)=N1.CC1=CCC(C)=N1. The fraction of sp³-hybridized carbons (Fsp3) is 0.625. The Bertz CT molecular complexity index is 297. The van der Waals surface area contributed by atoms with Crippen LogP contribution in [0.3, 0.4) is 0 Å². The van der Waals surface area contributed by atoms with Gasteiger partial charge in [-0.15, -0.1) is 0 Å². The van der Waals surface area contributed by atoms with E-state index in [0.717, 1.165) is 24.2 Å². The zero-order valence-corrected chi connectivity index (χ0v) is 13.5. The van der Waals surface area contributed by atoms with Crippen molar-refractivity contribution in [2.24, 2.45) is 9.98 Å². The van der Waals surface area contributed by atoms with Crippen LogP contribution in [0.1, 0.15) is 68.2 Å². The highest BCUT2D eigenvalue weighted by atomic mass is 14.8. The van der Waals surface area contributed by atoms with Crippen LogP contribution in [-0.2, 0) is 0 Å². The van der Waals surface area contributed by atoms with E-state index in [2.05, 4.69) is 22.1 Å². The van der Waals surface area contributed by atoms with Crippen molar-refractivity contribution in [1.29, 1.82) is 0 Å². The van der Waals surface area contributed by atoms with E-state index in [-0.39, 0.29) is 0 Å². The monoisotopic (exact) mass is 250 g/mol. The first kappa shape index (κ1) is 19.2. The molecule has 0 N–H and O–H groups in total. The summed E-state index contributed by atoms with van der Waals surface area (Å²) in [6.07, 6.45) is 6.39. The molecule has 0 radical (unpaired) electrons. The van der Waals surface area contributed by atoms with Crippen molar-refractivity contribution in [1.82, 2.24) is 0 Å². The Hall–Kier alpha value is -1.18. The van der Waals surface area contributed by atoms with Gasteiger partial charge in [0, 0.05) is 35.7 Å². The Kier molecular flexibility index (Phi) is 13.1. The van der Waals surface area contributed by atoms with Crippen LogP contribution in [-0.4, -0.2) is 11.4 Å². The van der Waals surface area contributed by atoms with Gasteiger partial charge in [-0.2, -0.15) is 0 Å². The molecule has 0 saturated heterocycles. The summed E-state index contributed by atoms with van der Waals surface area (Å²) in [5.74, 6) is 0. The van der Waals surface area contributed by atoms with Gasteiger partial charge in [-0.25, -0.2) is 0 Å². The molecule has 2 aliphatic rings. The van der Waals surface area contributed by atoms with E-state index < -0.39 is 0 Å². The number of hydrogen-bond acceptors (Lipinski definition) is 2. The molecule has 0 amide bonds. The van der Waals surface area contributed by atoms with E-state index in [0.29, 0.717) is 0 Å². The molecule has 0 bridgehead atoms. The number of allylic oxidation sites excluding steroid dienone is 4. The second kappa shape index (κ2) is 12.3. The zero-order valence-electron chi connectivity index (χ0n) is 13.5. The highest BCUT2D eigenvalue weighted by Gasteiger charge is 1.96. The lowest BCUT2D eigenvalue weighted by Crippen LogP contribution is -1.78. The summed E-state index contributed by atoms with van der Waals surface area (Å²) in [5.41, 5.74) is 4.80. The van der Waals surface area contributed by atoms with E-state index in [9.17, 15) is 0 Å². The Morgan fingerprint density at radius 1 is 0.667 bits per heavy atom. The lowest BCUT2D eigenvalue weighted by atomic mass is 10.3. The van der Waals surface area contributed by atoms with Crippen LogP contribution in [0.25, 0.3) is 0 Å². The van der Waals surface area contributed by atoms with E-state index in [4.69, 9.17) is 0 Å². The minimum absolute atomic E-state index is 1.06. The predicted molar refractivity (Wildman–Crippen MR) is 85.7 cm³/mol. The maximum atomic E-state index is 4.17. The molecule has 0 aromatic carbocycles. The Morgan fingerprint density at radius 3 is 1.00 bits per heavy atom. The second-order valence-electron chi connectivity index (χ2n) is 3.79. The molecule has 0 fully saturated rings. The molecule has 0 spiro atoms. The van der Waals surface area contributed by atoms with Crippen molar-refractivity contribution in [2.45, 2.75) is 68.2 Å². The van der Waals surface area contributed by atoms with Crippen molar-refractivity contribution in [3.8, 4) is 0 Å². The largest absolute Gasteiger partial charge is 0.263 e. The molecule has 2 nitrogen and oxygen atoms in total. The van der Waals surface area contributed by atoms with Gasteiger partial charge in [-0.1, -0.05) is 39.8 Å². The molecule has 18 heavy (non-hydrogen) atoms. The molecule has 0 aliphatic carbocycles. The number of rotatable bonds is 0. The molecule has 2 rings (SSSR count). The Balaban J connectivity index is 0. The van der Waals surface area contributed by atoms with Gasteiger partial charge in [0.1, 0.15) is 0 Å². The Labute approximate surface area is 114 Å². The average molecular weight is 250 g/mol. The number of aliphatic imine (C=N–C) groups is 2. The van der Waals surface area contributed by atoms with Gasteiger partial charge in [0.2, 0.25) is 0 Å². The van der Waals surface area contributed by atoms with Gasteiger partial charge in [0.15, 0.2) is 0 Å². The zero-order chi connectivity index (χ0) is 14.6. The first-order valence-corrected chi connectivity index (χ1v) is 7.00. The van der Waals surface area contributed by atoms with Crippen LogP contribution < -0.4 is 0 Å². The van der Waals surface area contributed by atoms with Gasteiger partial charge in [0.25, 0.3) is 0 Å². The highest BCUT2D eigenvalue weighted by molar-refractivity contribution is 5.86. The molecule has 2 aliphatic heterocycles. The maximum absolute atomic E-state index is 4.17. The van der Waals surface area contributed by atoms with Crippen LogP contribution in [0, 0.1) is 0 Å². The Morgan fingerprint density at radius 2 is 0.944 bits per heavy atom. The third-order valence-electron chi connectivity index (χ3n) is 2.12.